The molecule has 12 heteroatoms. The Morgan fingerprint density at radius 2 is 1.75 bits per heavy atom. The first kappa shape index (κ1) is 25.2. The van der Waals surface area contributed by atoms with Crippen LogP contribution in [-0.4, -0.2) is 30.4 Å². The molecule has 2 N–H and O–H groups in total. The normalized spacial score (nSPS) is 14.0. The van der Waals surface area contributed by atoms with Crippen molar-refractivity contribution in [2.24, 2.45) is 0 Å². The van der Waals surface area contributed by atoms with Crippen molar-refractivity contribution in [3.8, 4) is 6.07 Å². The van der Waals surface area contributed by atoms with E-state index in [-0.39, 0.29) is 0 Å². The number of benzene rings is 2. The molecule has 0 heterocycles. The largest absolute Gasteiger partial charge is 0.417 e. The maximum absolute atomic E-state index is 13.7. The number of carbonyl (C=O) groups excluding carboxylic acids is 1. The fourth-order valence-corrected chi connectivity index (χ4v) is 3.89. The van der Waals surface area contributed by atoms with Gasteiger partial charge in [-0.15, -0.1) is 0 Å². The highest BCUT2D eigenvalue weighted by molar-refractivity contribution is 7.92. The molecule has 0 aliphatic heterocycles. The standard InChI is InChI=1S/C20H17F5N2O4S/c1-11(2)32(30,31)10-19(29,13-4-6-16(21)17(22)7-13)18(28)27-14-5-3-12(9-26)15(8-14)20(23,24)25/h3-8,11,29H,10H2,1-2H3,(H,27,28). The Balaban J connectivity index is 2.57. The highest BCUT2D eigenvalue weighted by atomic mass is 32.2. The maximum atomic E-state index is 13.7. The summed E-state index contributed by atoms with van der Waals surface area (Å²) in [5.41, 5.74) is -6.20. The van der Waals surface area contributed by atoms with Crippen LogP contribution >= 0.6 is 0 Å². The van der Waals surface area contributed by atoms with E-state index in [4.69, 9.17) is 5.26 Å². The molecule has 0 spiro atoms. The van der Waals surface area contributed by atoms with Crippen molar-refractivity contribution < 1.29 is 40.3 Å². The predicted octanol–water partition coefficient (Wildman–Crippen LogP) is 3.50. The zero-order chi connectivity index (χ0) is 24.5. The molecular formula is C20H17F5N2O4S. The zero-order valence-electron chi connectivity index (χ0n) is 16.7. The molecule has 0 aliphatic carbocycles. The molecule has 2 aromatic rings. The number of hydrogen-bond acceptors (Lipinski definition) is 5. The monoisotopic (exact) mass is 476 g/mol. The number of hydrogen-bond donors (Lipinski definition) is 2. The second kappa shape index (κ2) is 8.84. The van der Waals surface area contributed by atoms with Gasteiger partial charge in [0.1, 0.15) is 0 Å². The molecule has 2 aromatic carbocycles. The lowest BCUT2D eigenvalue weighted by Crippen LogP contribution is -2.47. The lowest BCUT2D eigenvalue weighted by Gasteiger charge is -2.28. The number of sulfone groups is 1. The van der Waals surface area contributed by atoms with Crippen LogP contribution in [0.3, 0.4) is 0 Å². The third-order valence-electron chi connectivity index (χ3n) is 4.60. The molecule has 1 amide bonds. The number of nitrogens with zero attached hydrogens (tertiary/aromatic N) is 1. The molecular weight excluding hydrogens is 459 g/mol. The number of halogens is 5. The Morgan fingerprint density at radius 1 is 1.12 bits per heavy atom. The van der Waals surface area contributed by atoms with Crippen LogP contribution in [0.5, 0.6) is 0 Å². The Bertz CT molecular complexity index is 1190. The van der Waals surface area contributed by atoms with Crippen molar-refractivity contribution >= 4 is 21.4 Å². The highest BCUT2D eigenvalue weighted by Crippen LogP contribution is 2.34. The van der Waals surface area contributed by atoms with Crippen LogP contribution in [0.2, 0.25) is 0 Å². The summed E-state index contributed by atoms with van der Waals surface area (Å²) in [4.78, 5) is 12.9. The first-order valence-electron chi connectivity index (χ1n) is 8.94. The van der Waals surface area contributed by atoms with Crippen molar-refractivity contribution in [1.82, 2.24) is 0 Å². The minimum Gasteiger partial charge on any atom is -0.374 e. The van der Waals surface area contributed by atoms with Gasteiger partial charge < -0.3 is 10.4 Å². The van der Waals surface area contributed by atoms with Crippen molar-refractivity contribution in [2.45, 2.75) is 30.9 Å². The average molecular weight is 476 g/mol. The van der Waals surface area contributed by atoms with Gasteiger partial charge in [0.25, 0.3) is 5.91 Å². The van der Waals surface area contributed by atoms with Crippen molar-refractivity contribution in [2.75, 3.05) is 11.1 Å². The summed E-state index contributed by atoms with van der Waals surface area (Å²) >= 11 is 0. The summed E-state index contributed by atoms with van der Waals surface area (Å²) < 4.78 is 91.4. The van der Waals surface area contributed by atoms with Gasteiger partial charge in [-0.05, 0) is 49.7 Å². The lowest BCUT2D eigenvalue weighted by atomic mass is 9.94. The average Bonchev–Trinajstić information content (AvgIpc) is 2.68. The number of anilines is 1. The summed E-state index contributed by atoms with van der Waals surface area (Å²) in [6.07, 6.45) is -4.94. The van der Waals surface area contributed by atoms with Gasteiger partial charge >= 0.3 is 6.18 Å². The number of nitriles is 1. The minimum absolute atomic E-state index is 0.421. The number of aliphatic hydroxyl groups is 1. The molecule has 6 nitrogen and oxygen atoms in total. The predicted molar refractivity (Wildman–Crippen MR) is 104 cm³/mol. The van der Waals surface area contributed by atoms with Gasteiger partial charge in [0.15, 0.2) is 27.1 Å². The van der Waals surface area contributed by atoms with Crippen molar-refractivity contribution in [3.63, 3.8) is 0 Å². The van der Waals surface area contributed by atoms with Gasteiger partial charge in [-0.25, -0.2) is 17.2 Å². The molecule has 32 heavy (non-hydrogen) atoms. The fourth-order valence-electron chi connectivity index (χ4n) is 2.68. The molecule has 1 atom stereocenters. The third kappa shape index (κ3) is 5.23. The second-order valence-corrected chi connectivity index (χ2v) is 9.73. The van der Waals surface area contributed by atoms with Gasteiger partial charge in [-0.2, -0.15) is 18.4 Å². The van der Waals surface area contributed by atoms with Crippen molar-refractivity contribution in [3.05, 3.63) is 64.7 Å². The molecule has 2 rings (SSSR count). The quantitative estimate of drug-likeness (QED) is 0.621. The topological polar surface area (TPSA) is 107 Å². The number of amides is 1. The van der Waals surface area contributed by atoms with Crippen LogP contribution in [0.25, 0.3) is 0 Å². The van der Waals surface area contributed by atoms with E-state index in [1.165, 1.54) is 19.9 Å². The molecule has 0 fully saturated rings. The second-order valence-electron chi connectivity index (χ2n) is 7.17. The Morgan fingerprint density at radius 3 is 2.25 bits per heavy atom. The van der Waals surface area contributed by atoms with E-state index < -0.39 is 72.5 Å². The van der Waals surface area contributed by atoms with Gasteiger partial charge in [-0.3, -0.25) is 4.79 Å². The van der Waals surface area contributed by atoms with E-state index in [9.17, 15) is 40.3 Å². The maximum Gasteiger partial charge on any atom is 0.417 e. The number of alkyl halides is 3. The zero-order valence-corrected chi connectivity index (χ0v) is 17.5. The molecule has 0 radical (unpaired) electrons. The summed E-state index contributed by atoms with van der Waals surface area (Å²) in [6.45, 7) is 2.52. The Labute approximate surface area is 180 Å². The van der Waals surface area contributed by atoms with Crippen molar-refractivity contribution in [1.29, 1.82) is 5.26 Å². The Hall–Kier alpha value is -3.04. The van der Waals surface area contributed by atoms with Crippen LogP contribution in [0.4, 0.5) is 27.6 Å². The van der Waals surface area contributed by atoms with Crippen LogP contribution in [0.15, 0.2) is 36.4 Å². The van der Waals surface area contributed by atoms with E-state index in [1.807, 2.05) is 5.32 Å². The molecule has 0 bridgehead atoms. The smallest absolute Gasteiger partial charge is 0.374 e. The molecule has 0 aromatic heterocycles. The van der Waals surface area contributed by atoms with Crippen LogP contribution in [0.1, 0.15) is 30.5 Å². The highest BCUT2D eigenvalue weighted by Gasteiger charge is 2.44. The molecule has 0 saturated heterocycles. The first-order valence-corrected chi connectivity index (χ1v) is 10.7. The molecule has 0 aliphatic rings. The lowest BCUT2D eigenvalue weighted by molar-refractivity contribution is -0.138. The van der Waals surface area contributed by atoms with Gasteiger partial charge in [-0.1, -0.05) is 6.07 Å². The van der Waals surface area contributed by atoms with E-state index in [2.05, 4.69) is 0 Å². The van der Waals surface area contributed by atoms with Crippen LogP contribution in [0, 0.1) is 23.0 Å². The summed E-state index contributed by atoms with van der Waals surface area (Å²) in [5.74, 6) is -5.55. The van der Waals surface area contributed by atoms with E-state index in [0.717, 1.165) is 18.2 Å². The minimum atomic E-state index is -4.94. The summed E-state index contributed by atoms with van der Waals surface area (Å²) in [5, 5.41) is 20.7. The Kier molecular flexibility index (Phi) is 6.96. The number of rotatable bonds is 6. The van der Waals surface area contributed by atoms with E-state index in [0.29, 0.717) is 18.2 Å². The van der Waals surface area contributed by atoms with Gasteiger partial charge in [0.05, 0.1) is 28.2 Å². The summed E-state index contributed by atoms with van der Waals surface area (Å²) in [7, 11) is -4.16. The van der Waals surface area contributed by atoms with E-state index in [1.54, 1.807) is 0 Å². The van der Waals surface area contributed by atoms with Crippen LogP contribution < -0.4 is 5.32 Å². The number of carbonyl (C=O) groups is 1. The van der Waals surface area contributed by atoms with Gasteiger partial charge in [0.2, 0.25) is 0 Å². The van der Waals surface area contributed by atoms with Gasteiger partial charge in [0, 0.05) is 5.69 Å². The van der Waals surface area contributed by atoms with Crippen LogP contribution in [-0.2, 0) is 26.4 Å². The first-order chi connectivity index (χ1) is 14.6. The molecule has 0 saturated carbocycles. The molecule has 1 unspecified atom stereocenters. The third-order valence-corrected chi connectivity index (χ3v) is 6.86. The SMILES string of the molecule is CC(C)S(=O)(=O)CC(O)(C(=O)Nc1ccc(C#N)c(C(F)(F)F)c1)c1ccc(F)c(F)c1. The fraction of sp³-hybridized carbons (Fsp3) is 0.300. The summed E-state index contributed by atoms with van der Waals surface area (Å²) in [6, 6.07) is 5.27. The number of nitrogens with one attached hydrogen (secondary N) is 1. The molecule has 172 valence electrons. The van der Waals surface area contributed by atoms with E-state index >= 15 is 0 Å².